The highest BCUT2D eigenvalue weighted by Crippen LogP contribution is 2.22. The second-order valence-electron chi connectivity index (χ2n) is 7.35. The van der Waals surface area contributed by atoms with Gasteiger partial charge in [0.2, 0.25) is 10.0 Å². The molecule has 1 aromatic heterocycles. The molecule has 10 heteroatoms. The van der Waals surface area contributed by atoms with Gasteiger partial charge in [0.05, 0.1) is 4.90 Å². The molecule has 0 atom stereocenters. The maximum Gasteiger partial charge on any atom is 0.253 e. The third-order valence-electron chi connectivity index (χ3n) is 5.15. The van der Waals surface area contributed by atoms with Crippen molar-refractivity contribution in [1.82, 2.24) is 19.6 Å². The van der Waals surface area contributed by atoms with Crippen LogP contribution in [0.2, 0.25) is 0 Å². The Morgan fingerprint density at radius 3 is 2.22 bits per heavy atom. The number of carbonyl (C=O) groups is 1. The molecule has 0 bridgehead atoms. The number of amides is 1. The summed E-state index contributed by atoms with van der Waals surface area (Å²) in [6.07, 6.45) is 3.53. The number of sulfonamides is 1. The topological polar surface area (TPSA) is 116 Å². The van der Waals surface area contributed by atoms with E-state index in [2.05, 4.69) is 25.3 Å². The minimum atomic E-state index is -3.54. The van der Waals surface area contributed by atoms with E-state index in [9.17, 15) is 13.2 Å². The summed E-state index contributed by atoms with van der Waals surface area (Å²) in [5.41, 5.74) is 2.03. The Morgan fingerprint density at radius 2 is 1.56 bits per heavy atom. The zero-order valence-corrected chi connectivity index (χ0v) is 18.4. The fourth-order valence-electron chi connectivity index (χ4n) is 3.45. The molecular formula is C22H24N6O3S. The van der Waals surface area contributed by atoms with Crippen LogP contribution in [0, 0.1) is 0 Å². The monoisotopic (exact) mass is 452 g/mol. The number of anilines is 4. The van der Waals surface area contributed by atoms with Crippen molar-refractivity contribution in [3.8, 4) is 0 Å². The van der Waals surface area contributed by atoms with Gasteiger partial charge < -0.3 is 15.5 Å². The molecule has 3 aromatic rings. The number of aromatic nitrogens is 2. The fraction of sp³-hybridized carbons (Fsp3) is 0.227. The highest BCUT2D eigenvalue weighted by atomic mass is 32.2. The number of benzene rings is 2. The largest absolute Gasteiger partial charge is 0.340 e. The van der Waals surface area contributed by atoms with E-state index in [0.717, 1.165) is 31.6 Å². The molecule has 32 heavy (non-hydrogen) atoms. The molecule has 2 aromatic carbocycles. The predicted molar refractivity (Wildman–Crippen MR) is 123 cm³/mol. The van der Waals surface area contributed by atoms with Gasteiger partial charge in [-0.05, 0) is 62.4 Å². The number of hydrogen-bond donors (Lipinski definition) is 3. The predicted octanol–water partition coefficient (Wildman–Crippen LogP) is 3.11. The molecular weight excluding hydrogens is 428 g/mol. The molecule has 0 aliphatic carbocycles. The zero-order chi connectivity index (χ0) is 22.6. The van der Waals surface area contributed by atoms with E-state index in [1.54, 1.807) is 30.3 Å². The van der Waals surface area contributed by atoms with Crippen LogP contribution in [0.4, 0.5) is 23.0 Å². The van der Waals surface area contributed by atoms with Crippen LogP contribution >= 0.6 is 0 Å². The maximum absolute atomic E-state index is 12.5. The second-order valence-corrected chi connectivity index (χ2v) is 9.24. The van der Waals surface area contributed by atoms with Gasteiger partial charge in [0, 0.05) is 36.1 Å². The van der Waals surface area contributed by atoms with Gasteiger partial charge in [-0.1, -0.05) is 6.07 Å². The van der Waals surface area contributed by atoms with Gasteiger partial charge in [-0.15, -0.1) is 0 Å². The first-order valence-corrected chi connectivity index (χ1v) is 11.7. The first-order valence-electron chi connectivity index (χ1n) is 10.2. The number of hydrogen-bond acceptors (Lipinski definition) is 7. The van der Waals surface area contributed by atoms with Crippen molar-refractivity contribution in [1.29, 1.82) is 0 Å². The summed E-state index contributed by atoms with van der Waals surface area (Å²) in [5.74, 6) is 1.12. The molecule has 166 valence electrons. The molecule has 1 amide bonds. The van der Waals surface area contributed by atoms with Crippen molar-refractivity contribution in [2.75, 3.05) is 30.8 Å². The summed E-state index contributed by atoms with van der Waals surface area (Å²) in [6, 6.07) is 15.4. The number of rotatable bonds is 7. The summed E-state index contributed by atoms with van der Waals surface area (Å²) >= 11 is 0. The van der Waals surface area contributed by atoms with E-state index in [0.29, 0.717) is 22.9 Å². The van der Waals surface area contributed by atoms with E-state index < -0.39 is 10.0 Å². The Kier molecular flexibility index (Phi) is 6.33. The maximum atomic E-state index is 12.5. The molecule has 4 rings (SSSR count). The Labute approximate surface area is 187 Å². The lowest BCUT2D eigenvalue weighted by atomic mass is 10.2. The molecule has 1 aliphatic heterocycles. The van der Waals surface area contributed by atoms with E-state index in [1.807, 2.05) is 17.0 Å². The van der Waals surface area contributed by atoms with E-state index in [-0.39, 0.29) is 10.8 Å². The van der Waals surface area contributed by atoms with E-state index in [1.165, 1.54) is 25.5 Å². The van der Waals surface area contributed by atoms with E-state index in [4.69, 9.17) is 0 Å². The molecule has 1 aliphatic rings. The van der Waals surface area contributed by atoms with Crippen molar-refractivity contribution < 1.29 is 13.2 Å². The average Bonchev–Trinajstić information content (AvgIpc) is 3.35. The van der Waals surface area contributed by atoms with Crippen LogP contribution in [0.5, 0.6) is 0 Å². The first-order chi connectivity index (χ1) is 15.4. The quantitative estimate of drug-likeness (QED) is 0.504. The highest BCUT2D eigenvalue weighted by Gasteiger charge is 2.19. The molecule has 2 heterocycles. The zero-order valence-electron chi connectivity index (χ0n) is 17.6. The fourth-order valence-corrected chi connectivity index (χ4v) is 4.22. The van der Waals surface area contributed by atoms with Crippen LogP contribution in [0.1, 0.15) is 23.2 Å². The van der Waals surface area contributed by atoms with Crippen LogP contribution in [0.3, 0.4) is 0 Å². The van der Waals surface area contributed by atoms with Gasteiger partial charge in [0.25, 0.3) is 5.91 Å². The summed E-state index contributed by atoms with van der Waals surface area (Å²) in [5, 5.41) is 6.28. The second kappa shape index (κ2) is 9.33. The smallest absolute Gasteiger partial charge is 0.253 e. The molecule has 1 saturated heterocycles. The molecule has 3 N–H and O–H groups in total. The van der Waals surface area contributed by atoms with Crippen molar-refractivity contribution in [3.63, 3.8) is 0 Å². The molecule has 1 fully saturated rings. The Morgan fingerprint density at radius 1 is 0.906 bits per heavy atom. The molecule has 0 saturated carbocycles. The van der Waals surface area contributed by atoms with Crippen LogP contribution in [0.15, 0.2) is 65.8 Å². The Bertz CT molecular complexity index is 1210. The Balaban J connectivity index is 1.44. The molecule has 0 spiro atoms. The standard InChI is InChI=1S/C22H24N6O3S/c1-23-32(30,31)19-6-4-5-18(13-19)27-21-14-20(24-15-25-21)26-17-9-7-16(8-10-17)22(29)28-11-2-3-12-28/h4-10,13-15,23H,2-3,11-12H2,1H3,(H2,24,25,26,27). The number of carbonyl (C=O) groups excluding carboxylic acids is 1. The number of nitrogens with zero attached hydrogens (tertiary/aromatic N) is 3. The van der Waals surface area contributed by atoms with E-state index >= 15 is 0 Å². The average molecular weight is 453 g/mol. The lowest BCUT2D eigenvalue weighted by Gasteiger charge is -2.15. The van der Waals surface area contributed by atoms with Crippen molar-refractivity contribution in [2.45, 2.75) is 17.7 Å². The number of likely N-dealkylation sites (tertiary alicyclic amines) is 1. The normalized spacial score (nSPS) is 13.7. The van der Waals surface area contributed by atoms with Crippen molar-refractivity contribution in [2.24, 2.45) is 0 Å². The van der Waals surface area contributed by atoms with Crippen LogP contribution in [-0.4, -0.2) is 49.3 Å². The van der Waals surface area contributed by atoms with Gasteiger partial charge in [0.15, 0.2) is 0 Å². The lowest BCUT2D eigenvalue weighted by molar-refractivity contribution is 0.0793. The Hall–Kier alpha value is -3.50. The van der Waals surface area contributed by atoms with Gasteiger partial charge in [-0.2, -0.15) is 0 Å². The summed E-state index contributed by atoms with van der Waals surface area (Å²) < 4.78 is 26.3. The van der Waals surface area contributed by atoms with Gasteiger partial charge in [-0.3, -0.25) is 4.79 Å². The number of nitrogens with one attached hydrogen (secondary N) is 3. The van der Waals surface area contributed by atoms with Crippen LogP contribution in [-0.2, 0) is 10.0 Å². The molecule has 0 radical (unpaired) electrons. The molecule has 9 nitrogen and oxygen atoms in total. The van der Waals surface area contributed by atoms with Crippen LogP contribution < -0.4 is 15.4 Å². The van der Waals surface area contributed by atoms with Crippen molar-refractivity contribution >= 4 is 38.9 Å². The first kappa shape index (κ1) is 21.7. The summed E-state index contributed by atoms with van der Waals surface area (Å²) in [7, 11) is -2.17. The summed E-state index contributed by atoms with van der Waals surface area (Å²) in [4.78, 5) is 22.9. The van der Waals surface area contributed by atoms with Crippen molar-refractivity contribution in [3.05, 3.63) is 66.5 Å². The minimum absolute atomic E-state index is 0.0603. The minimum Gasteiger partial charge on any atom is -0.340 e. The SMILES string of the molecule is CNS(=O)(=O)c1cccc(Nc2cc(Nc3ccc(C(=O)N4CCCC4)cc3)ncn2)c1. The lowest BCUT2D eigenvalue weighted by Crippen LogP contribution is -2.27. The third-order valence-corrected chi connectivity index (χ3v) is 6.56. The summed E-state index contributed by atoms with van der Waals surface area (Å²) in [6.45, 7) is 1.64. The highest BCUT2D eigenvalue weighted by molar-refractivity contribution is 7.89. The van der Waals surface area contributed by atoms with Crippen LogP contribution in [0.25, 0.3) is 0 Å². The third kappa shape index (κ3) is 5.04. The molecule has 0 unspecified atom stereocenters. The van der Waals surface area contributed by atoms with Gasteiger partial charge in [0.1, 0.15) is 18.0 Å². The van der Waals surface area contributed by atoms with Gasteiger partial charge in [-0.25, -0.2) is 23.1 Å². The van der Waals surface area contributed by atoms with Gasteiger partial charge >= 0.3 is 0 Å².